The number of hydrogen-bond donors (Lipinski definition) is 2. The van der Waals surface area contributed by atoms with E-state index in [-0.39, 0.29) is 30.0 Å². The average molecular weight is 380 g/mol. The van der Waals surface area contributed by atoms with Gasteiger partial charge in [0.2, 0.25) is 0 Å². The molecule has 3 N–H and O–H groups in total. The van der Waals surface area contributed by atoms with Crippen LogP contribution < -0.4 is 11.1 Å². The molecule has 0 aliphatic heterocycles. The lowest BCUT2D eigenvalue weighted by Crippen LogP contribution is -2.37. The fraction of sp³-hybridized carbons (Fsp3) is 0.667. The van der Waals surface area contributed by atoms with Crippen molar-refractivity contribution < 1.29 is 0 Å². The van der Waals surface area contributed by atoms with E-state index in [1.54, 1.807) is 4.68 Å². The van der Waals surface area contributed by atoms with Crippen LogP contribution in [0.2, 0.25) is 0 Å². The molecule has 0 aliphatic carbocycles. The molecule has 1 unspecified atom stereocenters. The Bertz CT molecular complexity index is 399. The maximum Gasteiger partial charge on any atom is 0.188 e. The molecule has 7 heteroatoms. The zero-order valence-corrected chi connectivity index (χ0v) is 14.6. The van der Waals surface area contributed by atoms with E-state index in [1.165, 1.54) is 0 Å². The van der Waals surface area contributed by atoms with Gasteiger partial charge >= 0.3 is 0 Å². The van der Waals surface area contributed by atoms with Crippen molar-refractivity contribution >= 4 is 29.9 Å². The van der Waals surface area contributed by atoms with Crippen molar-refractivity contribution in [2.24, 2.45) is 17.8 Å². The Balaban J connectivity index is 0.00000324. The first-order chi connectivity index (χ1) is 8.40. The molecule has 1 aromatic rings. The number of nitrogens with two attached hydrogens (primary N) is 1. The molecule has 19 heavy (non-hydrogen) atoms. The van der Waals surface area contributed by atoms with Crippen LogP contribution in [0.5, 0.6) is 0 Å². The van der Waals surface area contributed by atoms with Gasteiger partial charge in [-0.2, -0.15) is 5.10 Å². The molecule has 6 nitrogen and oxygen atoms in total. The van der Waals surface area contributed by atoms with Crippen LogP contribution in [0.25, 0.3) is 0 Å². The number of nitrogens with one attached hydrogen (secondary N) is 1. The zero-order chi connectivity index (χ0) is 13.7. The molecule has 0 spiro atoms. The normalized spacial score (nSPS) is 13.5. The summed E-state index contributed by atoms with van der Waals surface area (Å²) in [6, 6.07) is 0.483. The first-order valence-corrected chi connectivity index (χ1v) is 6.11. The van der Waals surface area contributed by atoms with Gasteiger partial charge in [-0.15, -0.1) is 24.0 Å². The van der Waals surface area contributed by atoms with Gasteiger partial charge in [0.05, 0.1) is 18.8 Å². The molecular weight excluding hydrogens is 355 g/mol. The summed E-state index contributed by atoms with van der Waals surface area (Å²) in [6.07, 6.45) is 3.87. The molecule has 0 aromatic carbocycles. The average Bonchev–Trinajstić information content (AvgIpc) is 2.63. The largest absolute Gasteiger partial charge is 0.370 e. The van der Waals surface area contributed by atoms with Crippen LogP contribution in [-0.2, 0) is 7.05 Å². The highest BCUT2D eigenvalue weighted by atomic mass is 127. The van der Waals surface area contributed by atoms with E-state index in [1.807, 2.05) is 47.4 Å². The van der Waals surface area contributed by atoms with Gasteiger partial charge in [-0.1, -0.05) is 0 Å². The first-order valence-electron chi connectivity index (χ1n) is 6.11. The number of hydrogen-bond acceptors (Lipinski definition) is 3. The van der Waals surface area contributed by atoms with Gasteiger partial charge in [-0.25, -0.2) is 0 Å². The second-order valence-electron chi connectivity index (χ2n) is 4.95. The summed E-state index contributed by atoms with van der Waals surface area (Å²) in [5.41, 5.74) is 6.95. The van der Waals surface area contributed by atoms with E-state index in [4.69, 9.17) is 5.73 Å². The Hall–Kier alpha value is -0.830. The van der Waals surface area contributed by atoms with Crippen LogP contribution in [0.1, 0.15) is 25.5 Å². The maximum absolute atomic E-state index is 5.81. The van der Waals surface area contributed by atoms with Gasteiger partial charge in [-0.3, -0.25) is 9.67 Å². The van der Waals surface area contributed by atoms with Gasteiger partial charge in [0.1, 0.15) is 0 Å². The SMILES string of the molecule is CC(C)NC(N)=NCC(c1cnn(C)c1)N(C)C.I. The maximum atomic E-state index is 5.81. The highest BCUT2D eigenvalue weighted by Gasteiger charge is 2.15. The molecule has 0 saturated heterocycles. The summed E-state index contributed by atoms with van der Waals surface area (Å²) >= 11 is 0. The Morgan fingerprint density at radius 1 is 1.53 bits per heavy atom. The van der Waals surface area contributed by atoms with Gasteiger partial charge in [0.15, 0.2) is 5.96 Å². The minimum atomic E-state index is 0. The van der Waals surface area contributed by atoms with Gasteiger partial charge in [0.25, 0.3) is 0 Å². The van der Waals surface area contributed by atoms with E-state index >= 15 is 0 Å². The molecule has 1 rings (SSSR count). The molecule has 0 radical (unpaired) electrons. The summed E-state index contributed by atoms with van der Waals surface area (Å²) < 4.78 is 1.80. The topological polar surface area (TPSA) is 71.5 Å². The molecule has 1 heterocycles. The molecule has 110 valence electrons. The molecule has 0 bridgehead atoms. The first kappa shape index (κ1) is 18.2. The molecule has 0 saturated carbocycles. The third kappa shape index (κ3) is 6.24. The van der Waals surface area contributed by atoms with E-state index < -0.39 is 0 Å². The second kappa shape index (κ2) is 8.36. The van der Waals surface area contributed by atoms with E-state index in [0.717, 1.165) is 5.56 Å². The standard InChI is InChI=1S/C12H24N6.HI/c1-9(2)16-12(13)14-7-11(17(3)4)10-6-15-18(5)8-10;/h6,8-9,11H,7H2,1-5H3,(H3,13,14,16);1H. The summed E-state index contributed by atoms with van der Waals surface area (Å²) in [7, 11) is 5.96. The van der Waals surface area contributed by atoms with Crippen molar-refractivity contribution in [3.05, 3.63) is 18.0 Å². The number of rotatable bonds is 5. The summed E-state index contributed by atoms with van der Waals surface area (Å²) in [5.74, 6) is 0.487. The fourth-order valence-corrected chi connectivity index (χ4v) is 1.71. The fourth-order valence-electron chi connectivity index (χ4n) is 1.71. The Kier molecular flexibility index (Phi) is 8.00. The second-order valence-corrected chi connectivity index (χ2v) is 4.95. The van der Waals surface area contributed by atoms with Crippen LogP contribution in [0.15, 0.2) is 17.4 Å². The Morgan fingerprint density at radius 3 is 2.58 bits per heavy atom. The van der Waals surface area contributed by atoms with Crippen LogP contribution in [0, 0.1) is 0 Å². The number of halogens is 1. The number of likely N-dealkylation sites (N-methyl/N-ethyl adjacent to an activating group) is 1. The molecular formula is C12H25IN6. The molecule has 1 aromatic heterocycles. The van der Waals surface area contributed by atoms with Crippen LogP contribution in [0.3, 0.4) is 0 Å². The van der Waals surface area contributed by atoms with Crippen LogP contribution in [-0.4, -0.2) is 47.3 Å². The van der Waals surface area contributed by atoms with Crippen LogP contribution in [0.4, 0.5) is 0 Å². The van der Waals surface area contributed by atoms with E-state index in [0.29, 0.717) is 18.5 Å². The van der Waals surface area contributed by atoms with E-state index in [2.05, 4.69) is 20.3 Å². The quantitative estimate of drug-likeness (QED) is 0.454. The van der Waals surface area contributed by atoms with E-state index in [9.17, 15) is 0 Å². The minimum absolute atomic E-state index is 0. The third-order valence-corrected chi connectivity index (χ3v) is 2.60. The van der Waals surface area contributed by atoms with Crippen molar-refractivity contribution in [1.82, 2.24) is 20.0 Å². The number of nitrogens with zero attached hydrogens (tertiary/aromatic N) is 4. The number of guanidine groups is 1. The number of aliphatic imine (C=N–C) groups is 1. The predicted molar refractivity (Wildman–Crippen MR) is 89.8 cm³/mol. The highest BCUT2D eigenvalue weighted by Crippen LogP contribution is 2.17. The highest BCUT2D eigenvalue weighted by molar-refractivity contribution is 14.0. The lowest BCUT2D eigenvalue weighted by Gasteiger charge is -2.21. The van der Waals surface area contributed by atoms with Crippen molar-refractivity contribution in [2.75, 3.05) is 20.6 Å². The number of aromatic nitrogens is 2. The molecule has 1 atom stereocenters. The molecule has 0 amide bonds. The Labute approximate surface area is 132 Å². The zero-order valence-electron chi connectivity index (χ0n) is 12.3. The van der Waals surface area contributed by atoms with Crippen molar-refractivity contribution in [3.8, 4) is 0 Å². The summed E-state index contributed by atoms with van der Waals surface area (Å²) in [5, 5.41) is 7.27. The Morgan fingerprint density at radius 2 is 2.16 bits per heavy atom. The van der Waals surface area contributed by atoms with Crippen molar-refractivity contribution in [1.29, 1.82) is 0 Å². The van der Waals surface area contributed by atoms with Gasteiger partial charge in [-0.05, 0) is 27.9 Å². The molecule has 0 fully saturated rings. The summed E-state index contributed by atoms with van der Waals surface area (Å²) in [6.45, 7) is 4.68. The number of aryl methyl sites for hydroxylation is 1. The lowest BCUT2D eigenvalue weighted by atomic mass is 10.1. The monoisotopic (exact) mass is 380 g/mol. The van der Waals surface area contributed by atoms with Crippen molar-refractivity contribution in [3.63, 3.8) is 0 Å². The third-order valence-electron chi connectivity index (χ3n) is 2.60. The smallest absolute Gasteiger partial charge is 0.188 e. The van der Waals surface area contributed by atoms with Gasteiger partial charge in [0, 0.05) is 24.8 Å². The summed E-state index contributed by atoms with van der Waals surface area (Å²) in [4.78, 5) is 6.49. The van der Waals surface area contributed by atoms with Crippen molar-refractivity contribution in [2.45, 2.75) is 25.9 Å². The molecule has 0 aliphatic rings. The predicted octanol–water partition coefficient (Wildman–Crippen LogP) is 0.953. The minimum Gasteiger partial charge on any atom is -0.370 e. The van der Waals surface area contributed by atoms with Gasteiger partial charge < -0.3 is 16.0 Å². The lowest BCUT2D eigenvalue weighted by molar-refractivity contribution is 0.306. The van der Waals surface area contributed by atoms with Crippen LogP contribution >= 0.6 is 24.0 Å².